The van der Waals surface area contributed by atoms with Crippen molar-refractivity contribution in [3.05, 3.63) is 47.2 Å². The molecule has 1 aromatic carbocycles. The van der Waals surface area contributed by atoms with E-state index in [0.29, 0.717) is 12.0 Å². The molecule has 1 aliphatic carbocycles. The van der Waals surface area contributed by atoms with Crippen molar-refractivity contribution >= 4 is 0 Å². The summed E-state index contributed by atoms with van der Waals surface area (Å²) in [6.07, 6.45) is 2.65. The summed E-state index contributed by atoms with van der Waals surface area (Å²) >= 11 is 0. The lowest BCUT2D eigenvalue weighted by atomic mass is 10.0. The first-order chi connectivity index (χ1) is 12.1. The van der Waals surface area contributed by atoms with Crippen LogP contribution in [0.4, 0.5) is 0 Å². The fourth-order valence-electron chi connectivity index (χ4n) is 3.90. The zero-order valence-corrected chi connectivity index (χ0v) is 15.8. The molecule has 2 aromatic rings. The Kier molecular flexibility index (Phi) is 4.70. The Morgan fingerprint density at radius 3 is 2.36 bits per heavy atom. The predicted molar refractivity (Wildman–Crippen MR) is 103 cm³/mol. The van der Waals surface area contributed by atoms with Crippen molar-refractivity contribution in [2.75, 3.05) is 26.3 Å². The highest BCUT2D eigenvalue weighted by Gasteiger charge is 2.29. The molecule has 4 rings (SSSR count). The van der Waals surface area contributed by atoms with Crippen molar-refractivity contribution < 1.29 is 4.74 Å². The summed E-state index contributed by atoms with van der Waals surface area (Å²) in [7, 11) is 0. The van der Waals surface area contributed by atoms with Gasteiger partial charge in [-0.2, -0.15) is 0 Å². The molecule has 1 saturated heterocycles. The van der Waals surface area contributed by atoms with E-state index < -0.39 is 0 Å². The second-order valence-electron chi connectivity index (χ2n) is 7.91. The summed E-state index contributed by atoms with van der Waals surface area (Å²) in [5, 5.41) is 0. The molecule has 25 heavy (non-hydrogen) atoms. The van der Waals surface area contributed by atoms with Crippen LogP contribution in [0.5, 0.6) is 0 Å². The van der Waals surface area contributed by atoms with Crippen LogP contribution in [0.15, 0.2) is 30.3 Å². The van der Waals surface area contributed by atoms with Gasteiger partial charge in [0, 0.05) is 37.1 Å². The van der Waals surface area contributed by atoms with Crippen LogP contribution >= 0.6 is 0 Å². The molecule has 1 saturated carbocycles. The van der Waals surface area contributed by atoms with Crippen molar-refractivity contribution in [1.82, 2.24) is 9.47 Å². The fourth-order valence-corrected chi connectivity index (χ4v) is 3.90. The second kappa shape index (κ2) is 6.97. The van der Waals surface area contributed by atoms with Gasteiger partial charge in [-0.05, 0) is 48.4 Å². The minimum atomic E-state index is 0.586. The largest absolute Gasteiger partial charge is 0.379 e. The molecule has 0 amide bonds. The summed E-state index contributed by atoms with van der Waals surface area (Å²) in [5.74, 6) is 0.586. The molecule has 0 unspecified atom stereocenters. The van der Waals surface area contributed by atoms with Gasteiger partial charge in [-0.1, -0.05) is 38.1 Å². The summed E-state index contributed by atoms with van der Waals surface area (Å²) in [6.45, 7) is 11.7. The van der Waals surface area contributed by atoms with Gasteiger partial charge in [0.05, 0.1) is 13.2 Å². The molecule has 0 spiro atoms. The zero-order valence-electron chi connectivity index (χ0n) is 15.8. The lowest BCUT2D eigenvalue weighted by Crippen LogP contribution is -2.35. The minimum Gasteiger partial charge on any atom is -0.379 e. The maximum atomic E-state index is 5.50. The van der Waals surface area contributed by atoms with E-state index in [0.717, 1.165) is 32.8 Å². The molecule has 0 N–H and O–H groups in total. The van der Waals surface area contributed by atoms with E-state index >= 15 is 0 Å². The van der Waals surface area contributed by atoms with Gasteiger partial charge >= 0.3 is 0 Å². The van der Waals surface area contributed by atoms with Crippen LogP contribution in [0.1, 0.15) is 55.5 Å². The van der Waals surface area contributed by atoms with E-state index in [-0.39, 0.29) is 0 Å². The maximum absolute atomic E-state index is 5.50. The van der Waals surface area contributed by atoms with Crippen LogP contribution in [-0.2, 0) is 11.3 Å². The van der Waals surface area contributed by atoms with Crippen LogP contribution < -0.4 is 0 Å². The molecule has 0 bridgehead atoms. The van der Waals surface area contributed by atoms with Gasteiger partial charge in [0.1, 0.15) is 0 Å². The Bertz CT molecular complexity index is 719. The third-order valence-electron chi connectivity index (χ3n) is 5.68. The van der Waals surface area contributed by atoms with E-state index in [4.69, 9.17) is 4.74 Å². The third-order valence-corrected chi connectivity index (χ3v) is 5.68. The second-order valence-corrected chi connectivity index (χ2v) is 7.91. The van der Waals surface area contributed by atoms with E-state index in [1.807, 2.05) is 0 Å². The lowest BCUT2D eigenvalue weighted by molar-refractivity contribution is 0.0341. The van der Waals surface area contributed by atoms with Crippen molar-refractivity contribution in [3.63, 3.8) is 0 Å². The van der Waals surface area contributed by atoms with E-state index in [9.17, 15) is 0 Å². The molecule has 1 aromatic heterocycles. The van der Waals surface area contributed by atoms with Gasteiger partial charge in [0.2, 0.25) is 0 Å². The average Bonchev–Trinajstić information content (AvgIpc) is 3.41. The molecule has 0 radical (unpaired) electrons. The first-order valence-electron chi connectivity index (χ1n) is 9.74. The topological polar surface area (TPSA) is 17.4 Å². The summed E-state index contributed by atoms with van der Waals surface area (Å²) in [4.78, 5) is 2.52. The normalized spacial score (nSPS) is 18.9. The number of rotatable bonds is 5. The minimum absolute atomic E-state index is 0.586. The molecule has 1 aliphatic heterocycles. The van der Waals surface area contributed by atoms with E-state index in [2.05, 4.69) is 60.6 Å². The van der Waals surface area contributed by atoms with Gasteiger partial charge in [-0.15, -0.1) is 0 Å². The molecular weight excluding hydrogens is 308 g/mol. The average molecular weight is 338 g/mol. The van der Waals surface area contributed by atoms with Gasteiger partial charge in [-0.25, -0.2) is 0 Å². The molecular formula is C22H30N2O. The van der Waals surface area contributed by atoms with Crippen LogP contribution in [0.3, 0.4) is 0 Å². The quantitative estimate of drug-likeness (QED) is 0.782. The molecule has 2 fully saturated rings. The van der Waals surface area contributed by atoms with Crippen molar-refractivity contribution in [1.29, 1.82) is 0 Å². The Morgan fingerprint density at radius 1 is 1.08 bits per heavy atom. The highest BCUT2D eigenvalue weighted by atomic mass is 16.5. The molecule has 134 valence electrons. The lowest BCUT2D eigenvalue weighted by Gasteiger charge is -2.26. The number of aromatic nitrogens is 1. The first kappa shape index (κ1) is 16.9. The SMILES string of the molecule is Cc1c(CN2CCOCC2)cc(-c2ccc(C(C)C)cc2)n1C1CC1. The smallest absolute Gasteiger partial charge is 0.0594 e. The number of nitrogens with zero attached hydrogens (tertiary/aromatic N) is 2. The number of morpholine rings is 1. The van der Waals surface area contributed by atoms with Crippen LogP contribution in [0, 0.1) is 6.92 Å². The molecule has 0 atom stereocenters. The van der Waals surface area contributed by atoms with E-state index in [1.54, 1.807) is 0 Å². The first-order valence-corrected chi connectivity index (χ1v) is 9.74. The highest BCUT2D eigenvalue weighted by molar-refractivity contribution is 5.63. The number of ether oxygens (including phenoxy) is 1. The molecule has 3 nitrogen and oxygen atoms in total. The Morgan fingerprint density at radius 2 is 1.76 bits per heavy atom. The number of hydrogen-bond acceptors (Lipinski definition) is 2. The third kappa shape index (κ3) is 3.54. The van der Waals surface area contributed by atoms with Crippen molar-refractivity contribution in [2.45, 2.75) is 52.1 Å². The molecule has 2 aliphatic rings. The van der Waals surface area contributed by atoms with Crippen molar-refractivity contribution in [3.8, 4) is 11.3 Å². The Hall–Kier alpha value is -1.58. The Labute approximate surface area is 151 Å². The predicted octanol–water partition coefficient (Wildman–Crippen LogP) is 4.75. The van der Waals surface area contributed by atoms with Crippen molar-refractivity contribution in [2.24, 2.45) is 0 Å². The summed E-state index contributed by atoms with van der Waals surface area (Å²) in [5.41, 5.74) is 7.11. The molecule has 3 heteroatoms. The fraction of sp³-hybridized carbons (Fsp3) is 0.545. The standard InChI is InChI=1S/C22H30N2O/c1-16(2)18-4-6-19(7-5-18)22-14-20(15-23-10-12-25-13-11-23)17(3)24(22)21-8-9-21/h4-7,14,16,21H,8-13,15H2,1-3H3. The maximum Gasteiger partial charge on any atom is 0.0594 e. The van der Waals surface area contributed by atoms with Gasteiger partial charge in [0.15, 0.2) is 0 Å². The van der Waals surface area contributed by atoms with Gasteiger partial charge in [-0.3, -0.25) is 4.90 Å². The van der Waals surface area contributed by atoms with Crippen LogP contribution in [0.2, 0.25) is 0 Å². The van der Waals surface area contributed by atoms with E-state index in [1.165, 1.54) is 40.9 Å². The zero-order chi connectivity index (χ0) is 17.4. The Balaban J connectivity index is 1.65. The highest BCUT2D eigenvalue weighted by Crippen LogP contribution is 2.42. The van der Waals surface area contributed by atoms with Crippen LogP contribution in [-0.4, -0.2) is 35.8 Å². The summed E-state index contributed by atoms with van der Waals surface area (Å²) in [6, 6.07) is 12.3. The van der Waals surface area contributed by atoms with Crippen LogP contribution in [0.25, 0.3) is 11.3 Å². The van der Waals surface area contributed by atoms with Gasteiger partial charge < -0.3 is 9.30 Å². The number of hydrogen-bond donors (Lipinski definition) is 0. The monoisotopic (exact) mass is 338 g/mol. The summed E-state index contributed by atoms with van der Waals surface area (Å²) < 4.78 is 8.10. The number of benzene rings is 1. The van der Waals surface area contributed by atoms with Gasteiger partial charge in [0.25, 0.3) is 0 Å². The molecule has 2 heterocycles.